The Morgan fingerprint density at radius 3 is 3.00 bits per heavy atom. The number of nitrogens with zero attached hydrogens (tertiary/aromatic N) is 2. The van der Waals surface area contributed by atoms with Crippen LogP contribution in [-0.2, 0) is 13.0 Å². The second kappa shape index (κ2) is 4.67. The molecule has 2 heterocycles. The molecule has 0 amide bonds. The Labute approximate surface area is 111 Å². The highest BCUT2D eigenvalue weighted by atomic mass is 35.5. The molecule has 1 aliphatic heterocycles. The van der Waals surface area contributed by atoms with Gasteiger partial charge in [-0.05, 0) is 19.1 Å². The van der Waals surface area contributed by atoms with Crippen LogP contribution in [0.25, 0.3) is 11.4 Å². The summed E-state index contributed by atoms with van der Waals surface area (Å²) in [7, 11) is 0. The molecule has 0 unspecified atom stereocenters. The van der Waals surface area contributed by atoms with Crippen molar-refractivity contribution in [1.82, 2.24) is 15.3 Å². The van der Waals surface area contributed by atoms with Gasteiger partial charge in [-0.25, -0.2) is 9.97 Å². The first-order valence-corrected chi connectivity index (χ1v) is 6.45. The molecular weight excluding hydrogens is 246 g/mol. The number of hydrogen-bond donors (Lipinski definition) is 1. The van der Waals surface area contributed by atoms with Gasteiger partial charge >= 0.3 is 0 Å². The van der Waals surface area contributed by atoms with Gasteiger partial charge in [-0.3, -0.25) is 0 Å². The number of aryl methyl sites for hydroxylation is 1. The minimum Gasteiger partial charge on any atom is -0.312 e. The third kappa shape index (κ3) is 2.11. The second-order valence-corrected chi connectivity index (χ2v) is 4.93. The van der Waals surface area contributed by atoms with Crippen LogP contribution in [0.2, 0.25) is 5.02 Å². The lowest BCUT2D eigenvalue weighted by atomic mass is 10.1. The number of hydrogen-bond acceptors (Lipinski definition) is 3. The summed E-state index contributed by atoms with van der Waals surface area (Å²) in [5.41, 5.74) is 4.44. The van der Waals surface area contributed by atoms with Crippen molar-refractivity contribution in [2.45, 2.75) is 19.9 Å². The first-order chi connectivity index (χ1) is 8.74. The van der Waals surface area contributed by atoms with Gasteiger partial charge in [-0.1, -0.05) is 23.7 Å². The molecule has 0 radical (unpaired) electrons. The number of rotatable bonds is 1. The fraction of sp³-hybridized carbons (Fsp3) is 0.286. The summed E-state index contributed by atoms with van der Waals surface area (Å²) in [5.74, 6) is 0.774. The fourth-order valence-electron chi connectivity index (χ4n) is 2.27. The molecular formula is C14H14ClN3. The summed E-state index contributed by atoms with van der Waals surface area (Å²) in [6.45, 7) is 3.90. The Morgan fingerprint density at radius 1 is 1.28 bits per heavy atom. The predicted molar refractivity (Wildman–Crippen MR) is 72.6 cm³/mol. The Balaban J connectivity index is 2.11. The molecule has 0 saturated carbocycles. The molecule has 0 bridgehead atoms. The van der Waals surface area contributed by atoms with E-state index in [4.69, 9.17) is 11.6 Å². The second-order valence-electron chi connectivity index (χ2n) is 4.49. The quantitative estimate of drug-likeness (QED) is 0.856. The van der Waals surface area contributed by atoms with E-state index in [2.05, 4.69) is 15.3 Å². The summed E-state index contributed by atoms with van der Waals surface area (Å²) >= 11 is 6.01. The van der Waals surface area contributed by atoms with E-state index in [0.29, 0.717) is 5.02 Å². The molecule has 1 aromatic heterocycles. The molecule has 3 nitrogen and oxygen atoms in total. The lowest BCUT2D eigenvalue weighted by Crippen LogP contribution is -2.26. The van der Waals surface area contributed by atoms with Crippen LogP contribution in [0.4, 0.5) is 0 Å². The Morgan fingerprint density at radius 2 is 2.17 bits per heavy atom. The number of benzene rings is 1. The smallest absolute Gasteiger partial charge is 0.159 e. The van der Waals surface area contributed by atoms with Crippen molar-refractivity contribution in [3.63, 3.8) is 0 Å². The van der Waals surface area contributed by atoms with Crippen LogP contribution in [0.1, 0.15) is 17.0 Å². The fourth-order valence-corrected chi connectivity index (χ4v) is 2.46. The molecule has 0 atom stereocenters. The van der Waals surface area contributed by atoms with Gasteiger partial charge in [0, 0.05) is 41.4 Å². The van der Waals surface area contributed by atoms with Gasteiger partial charge in [-0.15, -0.1) is 0 Å². The molecule has 4 heteroatoms. The summed E-state index contributed by atoms with van der Waals surface area (Å²) in [6, 6.07) is 7.69. The van der Waals surface area contributed by atoms with Crippen LogP contribution < -0.4 is 5.32 Å². The van der Waals surface area contributed by atoms with Crippen molar-refractivity contribution < 1.29 is 0 Å². The summed E-state index contributed by atoms with van der Waals surface area (Å²) in [4.78, 5) is 9.26. The van der Waals surface area contributed by atoms with E-state index in [-0.39, 0.29) is 0 Å². The lowest BCUT2D eigenvalue weighted by Gasteiger charge is -2.18. The van der Waals surface area contributed by atoms with Crippen LogP contribution in [0, 0.1) is 6.92 Å². The van der Waals surface area contributed by atoms with Crippen molar-refractivity contribution in [3.05, 3.63) is 46.2 Å². The number of fused-ring (bicyclic) bond motifs is 1. The molecule has 0 aliphatic carbocycles. The maximum atomic E-state index is 6.01. The third-order valence-corrected chi connectivity index (χ3v) is 3.46. The van der Waals surface area contributed by atoms with Gasteiger partial charge in [0.1, 0.15) is 0 Å². The molecule has 0 spiro atoms. The molecule has 1 aliphatic rings. The van der Waals surface area contributed by atoms with Gasteiger partial charge < -0.3 is 5.32 Å². The number of halogens is 1. The zero-order valence-corrected chi connectivity index (χ0v) is 11.0. The summed E-state index contributed by atoms with van der Waals surface area (Å²) < 4.78 is 0. The van der Waals surface area contributed by atoms with Gasteiger partial charge in [0.2, 0.25) is 0 Å². The van der Waals surface area contributed by atoms with Crippen molar-refractivity contribution in [2.75, 3.05) is 6.54 Å². The van der Waals surface area contributed by atoms with Crippen molar-refractivity contribution in [1.29, 1.82) is 0 Å². The van der Waals surface area contributed by atoms with Crippen molar-refractivity contribution in [2.24, 2.45) is 0 Å². The van der Waals surface area contributed by atoms with E-state index in [1.807, 2.05) is 31.2 Å². The topological polar surface area (TPSA) is 37.8 Å². The molecule has 2 aromatic rings. The minimum absolute atomic E-state index is 0.716. The van der Waals surface area contributed by atoms with E-state index in [0.717, 1.165) is 42.3 Å². The van der Waals surface area contributed by atoms with Gasteiger partial charge in [-0.2, -0.15) is 0 Å². The standard InChI is InChI=1S/C14H14ClN3/c1-9-12-8-16-6-5-13(12)18-14(17-9)10-3-2-4-11(15)7-10/h2-4,7,16H,5-6,8H2,1H3. The maximum Gasteiger partial charge on any atom is 0.159 e. The van der Waals surface area contributed by atoms with E-state index in [1.54, 1.807) is 0 Å². The minimum atomic E-state index is 0.716. The highest BCUT2D eigenvalue weighted by molar-refractivity contribution is 6.30. The average molecular weight is 260 g/mol. The highest BCUT2D eigenvalue weighted by Crippen LogP contribution is 2.23. The van der Waals surface area contributed by atoms with E-state index >= 15 is 0 Å². The molecule has 18 heavy (non-hydrogen) atoms. The van der Waals surface area contributed by atoms with Crippen molar-refractivity contribution >= 4 is 11.6 Å². The van der Waals surface area contributed by atoms with Crippen LogP contribution in [0.3, 0.4) is 0 Å². The number of nitrogens with one attached hydrogen (secondary N) is 1. The summed E-state index contributed by atoms with van der Waals surface area (Å²) in [5, 5.41) is 4.06. The normalized spacial score (nSPS) is 14.3. The van der Waals surface area contributed by atoms with Crippen LogP contribution in [0.5, 0.6) is 0 Å². The molecule has 92 valence electrons. The third-order valence-electron chi connectivity index (χ3n) is 3.22. The monoisotopic (exact) mass is 259 g/mol. The maximum absolute atomic E-state index is 6.01. The molecule has 1 aromatic carbocycles. The SMILES string of the molecule is Cc1nc(-c2cccc(Cl)c2)nc2c1CNCC2. The molecule has 0 fully saturated rings. The van der Waals surface area contributed by atoms with Gasteiger partial charge in [0.15, 0.2) is 5.82 Å². The average Bonchev–Trinajstić information content (AvgIpc) is 2.39. The van der Waals surface area contributed by atoms with Gasteiger partial charge in [0.05, 0.1) is 5.69 Å². The van der Waals surface area contributed by atoms with E-state index in [1.165, 1.54) is 5.56 Å². The first-order valence-electron chi connectivity index (χ1n) is 6.07. The van der Waals surface area contributed by atoms with E-state index in [9.17, 15) is 0 Å². The molecule has 1 N–H and O–H groups in total. The zero-order chi connectivity index (χ0) is 12.5. The number of aromatic nitrogens is 2. The zero-order valence-electron chi connectivity index (χ0n) is 10.2. The van der Waals surface area contributed by atoms with E-state index < -0.39 is 0 Å². The Hall–Kier alpha value is -1.45. The van der Waals surface area contributed by atoms with Crippen LogP contribution in [0.15, 0.2) is 24.3 Å². The lowest BCUT2D eigenvalue weighted by molar-refractivity contribution is 0.622. The molecule has 0 saturated heterocycles. The first kappa shape index (κ1) is 11.6. The largest absolute Gasteiger partial charge is 0.312 e. The van der Waals surface area contributed by atoms with Crippen LogP contribution >= 0.6 is 11.6 Å². The summed E-state index contributed by atoms with van der Waals surface area (Å²) in [6.07, 6.45) is 0.965. The Bertz CT molecular complexity index is 596. The highest BCUT2D eigenvalue weighted by Gasteiger charge is 2.15. The van der Waals surface area contributed by atoms with Crippen molar-refractivity contribution in [3.8, 4) is 11.4 Å². The van der Waals surface area contributed by atoms with Gasteiger partial charge in [0.25, 0.3) is 0 Å². The predicted octanol–water partition coefficient (Wildman–Crippen LogP) is 2.75. The van der Waals surface area contributed by atoms with Crippen LogP contribution in [-0.4, -0.2) is 16.5 Å². The Kier molecular flexibility index (Phi) is 3.02. The molecule has 3 rings (SSSR count).